The highest BCUT2D eigenvalue weighted by Crippen LogP contribution is 2.35. The minimum atomic E-state index is -0.365. The number of para-hydroxylation sites is 1. The summed E-state index contributed by atoms with van der Waals surface area (Å²) in [5, 5.41) is 22.4. The molecule has 1 saturated heterocycles. The Balaban J connectivity index is 1.61. The maximum Gasteiger partial charge on any atom is 0.321 e. The zero-order chi connectivity index (χ0) is 20.1. The summed E-state index contributed by atoms with van der Waals surface area (Å²) in [6.07, 6.45) is 1.53. The van der Waals surface area contributed by atoms with Gasteiger partial charge in [-0.25, -0.2) is 4.79 Å². The van der Waals surface area contributed by atoms with Gasteiger partial charge in [0.25, 0.3) is 0 Å². The molecular formula is C21H24N2O5. The predicted octanol–water partition coefficient (Wildman–Crippen LogP) is 3.22. The van der Waals surface area contributed by atoms with Crippen LogP contribution >= 0.6 is 0 Å². The molecule has 0 saturated carbocycles. The van der Waals surface area contributed by atoms with Crippen molar-refractivity contribution >= 4 is 17.7 Å². The molecule has 0 atom stereocenters. The summed E-state index contributed by atoms with van der Waals surface area (Å²) < 4.78 is 4.70. The molecule has 3 N–H and O–H groups in total. The highest BCUT2D eigenvalue weighted by atomic mass is 16.5. The van der Waals surface area contributed by atoms with Crippen molar-refractivity contribution < 1.29 is 24.5 Å². The van der Waals surface area contributed by atoms with Gasteiger partial charge >= 0.3 is 12.0 Å². The van der Waals surface area contributed by atoms with Crippen molar-refractivity contribution in [1.29, 1.82) is 0 Å². The third-order valence-corrected chi connectivity index (χ3v) is 5.06. The van der Waals surface area contributed by atoms with E-state index < -0.39 is 0 Å². The molecule has 0 spiro atoms. The summed E-state index contributed by atoms with van der Waals surface area (Å²) in [5.74, 6) is -0.115. The average molecular weight is 384 g/mol. The molecule has 1 aliphatic heterocycles. The Labute approximate surface area is 163 Å². The van der Waals surface area contributed by atoms with Gasteiger partial charge in [-0.05, 0) is 42.0 Å². The molecule has 7 nitrogen and oxygen atoms in total. The standard InChI is InChI=1S/C21H24N2O5/c1-28-20(26)12-15-4-2-3-5-18(15)22-21(27)23-10-8-14(9-11-23)17-7-6-16(24)13-19(17)25/h2-7,13-14,24-25H,8-12H2,1H3,(H,22,27). The first-order valence-corrected chi connectivity index (χ1v) is 9.20. The van der Waals surface area contributed by atoms with Crippen molar-refractivity contribution in [2.75, 3.05) is 25.5 Å². The maximum absolute atomic E-state index is 12.6. The van der Waals surface area contributed by atoms with E-state index in [9.17, 15) is 19.8 Å². The lowest BCUT2D eigenvalue weighted by Gasteiger charge is -2.32. The van der Waals surface area contributed by atoms with Crippen LogP contribution in [0.3, 0.4) is 0 Å². The highest BCUT2D eigenvalue weighted by Gasteiger charge is 2.26. The highest BCUT2D eigenvalue weighted by molar-refractivity contribution is 5.91. The summed E-state index contributed by atoms with van der Waals surface area (Å²) in [7, 11) is 1.33. The Bertz CT molecular complexity index is 860. The number of urea groups is 1. The number of piperidine rings is 1. The normalized spacial score (nSPS) is 14.5. The second kappa shape index (κ2) is 8.65. The summed E-state index contributed by atoms with van der Waals surface area (Å²) in [6, 6.07) is 11.6. The van der Waals surface area contributed by atoms with Gasteiger partial charge in [0.15, 0.2) is 0 Å². The van der Waals surface area contributed by atoms with Crippen LogP contribution in [0.15, 0.2) is 42.5 Å². The van der Waals surface area contributed by atoms with Crippen molar-refractivity contribution in [3.8, 4) is 11.5 Å². The second-order valence-corrected chi connectivity index (χ2v) is 6.84. The molecule has 2 aromatic carbocycles. The van der Waals surface area contributed by atoms with Gasteiger partial charge in [-0.3, -0.25) is 4.79 Å². The number of hydrogen-bond acceptors (Lipinski definition) is 5. The largest absolute Gasteiger partial charge is 0.508 e. The van der Waals surface area contributed by atoms with Crippen LogP contribution in [-0.4, -0.2) is 47.3 Å². The number of phenolic OH excluding ortho intramolecular Hbond substituents is 2. The number of aromatic hydroxyl groups is 2. The first-order valence-electron chi connectivity index (χ1n) is 9.20. The van der Waals surface area contributed by atoms with Gasteiger partial charge in [-0.15, -0.1) is 0 Å². The lowest BCUT2D eigenvalue weighted by molar-refractivity contribution is -0.139. The fourth-order valence-corrected chi connectivity index (χ4v) is 3.49. The lowest BCUT2D eigenvalue weighted by Crippen LogP contribution is -2.40. The zero-order valence-electron chi connectivity index (χ0n) is 15.7. The number of carbonyl (C=O) groups is 2. The number of ether oxygens (including phenoxy) is 1. The number of hydrogen-bond donors (Lipinski definition) is 3. The van der Waals surface area contributed by atoms with Gasteiger partial charge < -0.3 is 25.2 Å². The minimum Gasteiger partial charge on any atom is -0.508 e. The molecule has 1 fully saturated rings. The number of nitrogens with one attached hydrogen (secondary N) is 1. The fourth-order valence-electron chi connectivity index (χ4n) is 3.49. The summed E-state index contributed by atoms with van der Waals surface area (Å²) in [4.78, 5) is 25.9. The molecule has 0 aromatic heterocycles. The Morgan fingerprint density at radius 3 is 2.54 bits per heavy atom. The van der Waals surface area contributed by atoms with Gasteiger partial charge in [-0.1, -0.05) is 24.3 Å². The number of phenols is 2. The van der Waals surface area contributed by atoms with Gasteiger partial charge in [0, 0.05) is 24.8 Å². The van der Waals surface area contributed by atoms with E-state index in [1.165, 1.54) is 13.2 Å². The van der Waals surface area contributed by atoms with Gasteiger partial charge in [0.1, 0.15) is 11.5 Å². The van der Waals surface area contributed by atoms with Crippen LogP contribution in [0.2, 0.25) is 0 Å². The molecule has 28 heavy (non-hydrogen) atoms. The smallest absolute Gasteiger partial charge is 0.321 e. The molecular weight excluding hydrogens is 360 g/mol. The molecule has 0 radical (unpaired) electrons. The van der Waals surface area contributed by atoms with Crippen molar-refractivity contribution in [2.45, 2.75) is 25.2 Å². The molecule has 1 aliphatic rings. The Hall–Kier alpha value is -3.22. The number of carbonyl (C=O) groups excluding carboxylic acids is 2. The third kappa shape index (κ3) is 4.54. The number of esters is 1. The van der Waals surface area contributed by atoms with Crippen molar-refractivity contribution in [2.24, 2.45) is 0 Å². The number of anilines is 1. The van der Waals surface area contributed by atoms with E-state index in [0.29, 0.717) is 24.3 Å². The zero-order valence-corrected chi connectivity index (χ0v) is 15.7. The number of methoxy groups -OCH3 is 1. The van der Waals surface area contributed by atoms with E-state index in [1.807, 2.05) is 6.07 Å². The van der Waals surface area contributed by atoms with Gasteiger partial charge in [0.2, 0.25) is 0 Å². The fraction of sp³-hybridized carbons (Fsp3) is 0.333. The quantitative estimate of drug-likeness (QED) is 0.703. The van der Waals surface area contributed by atoms with Crippen LogP contribution in [-0.2, 0) is 16.0 Å². The maximum atomic E-state index is 12.6. The van der Waals surface area contributed by atoms with E-state index in [0.717, 1.165) is 18.4 Å². The summed E-state index contributed by atoms with van der Waals surface area (Å²) >= 11 is 0. The average Bonchev–Trinajstić information content (AvgIpc) is 2.69. The number of likely N-dealkylation sites (tertiary alicyclic amines) is 1. The number of nitrogens with zero attached hydrogens (tertiary/aromatic N) is 1. The van der Waals surface area contributed by atoms with E-state index in [1.54, 1.807) is 35.2 Å². The molecule has 0 bridgehead atoms. The van der Waals surface area contributed by atoms with Gasteiger partial charge in [0.05, 0.1) is 13.5 Å². The van der Waals surface area contributed by atoms with Crippen LogP contribution in [0.25, 0.3) is 0 Å². The number of benzene rings is 2. The number of rotatable bonds is 4. The third-order valence-electron chi connectivity index (χ3n) is 5.06. The first-order chi connectivity index (χ1) is 13.5. The monoisotopic (exact) mass is 384 g/mol. The SMILES string of the molecule is COC(=O)Cc1ccccc1NC(=O)N1CCC(c2ccc(O)cc2O)CC1. The molecule has 148 valence electrons. The molecule has 0 unspecified atom stereocenters. The topological polar surface area (TPSA) is 99.1 Å². The first kappa shape index (κ1) is 19.5. The summed E-state index contributed by atoms with van der Waals surface area (Å²) in [6.45, 7) is 1.10. The number of amides is 2. The van der Waals surface area contributed by atoms with E-state index in [-0.39, 0.29) is 35.8 Å². The predicted molar refractivity (Wildman–Crippen MR) is 105 cm³/mol. The molecule has 2 aromatic rings. The molecule has 3 rings (SSSR count). The van der Waals surface area contributed by atoms with E-state index in [4.69, 9.17) is 4.74 Å². The van der Waals surface area contributed by atoms with Crippen molar-refractivity contribution in [1.82, 2.24) is 4.90 Å². The van der Waals surface area contributed by atoms with Crippen LogP contribution in [0, 0.1) is 0 Å². The van der Waals surface area contributed by atoms with Crippen molar-refractivity contribution in [3.63, 3.8) is 0 Å². The lowest BCUT2D eigenvalue weighted by atomic mass is 9.89. The van der Waals surface area contributed by atoms with Crippen LogP contribution in [0.1, 0.15) is 29.9 Å². The van der Waals surface area contributed by atoms with E-state index in [2.05, 4.69) is 5.32 Å². The van der Waals surface area contributed by atoms with Crippen LogP contribution in [0.5, 0.6) is 11.5 Å². The van der Waals surface area contributed by atoms with Gasteiger partial charge in [-0.2, -0.15) is 0 Å². The van der Waals surface area contributed by atoms with Crippen molar-refractivity contribution in [3.05, 3.63) is 53.6 Å². The van der Waals surface area contributed by atoms with Crippen LogP contribution in [0.4, 0.5) is 10.5 Å². The van der Waals surface area contributed by atoms with E-state index >= 15 is 0 Å². The second-order valence-electron chi connectivity index (χ2n) is 6.84. The van der Waals surface area contributed by atoms with Crippen LogP contribution < -0.4 is 5.32 Å². The molecule has 7 heteroatoms. The molecule has 0 aliphatic carbocycles. The Morgan fingerprint density at radius 1 is 1.14 bits per heavy atom. The summed E-state index contributed by atoms with van der Waals surface area (Å²) in [5.41, 5.74) is 2.09. The Morgan fingerprint density at radius 2 is 1.86 bits per heavy atom. The molecule has 1 heterocycles. The molecule has 2 amide bonds. The minimum absolute atomic E-state index is 0.0312. The Kier molecular flexibility index (Phi) is 6.03.